The maximum Gasteiger partial charge on any atom is 0.277 e. The standard InChI is InChI=1S/C22H21N3O3S/c1-14-10-15(2)12-17(11-14)21-23-24-22(28-21)29-13-19(26)16-5-7-18(8-6-16)25-9-3-4-20(25)27/h5-8,10-12H,3-4,9,13H2,1-2H3. The summed E-state index contributed by atoms with van der Waals surface area (Å²) in [6.07, 6.45) is 1.47. The number of amides is 1. The molecule has 0 aliphatic carbocycles. The highest BCUT2D eigenvalue weighted by atomic mass is 32.2. The number of thioether (sulfide) groups is 1. The first-order chi connectivity index (χ1) is 14.0. The van der Waals surface area contributed by atoms with Gasteiger partial charge in [0, 0.05) is 29.8 Å². The number of Topliss-reactive ketones (excluding diaryl/α,β-unsaturated/α-hetero) is 1. The Morgan fingerprint density at radius 3 is 2.48 bits per heavy atom. The van der Waals surface area contributed by atoms with Gasteiger partial charge in [-0.1, -0.05) is 29.0 Å². The van der Waals surface area contributed by atoms with Crippen molar-refractivity contribution in [2.75, 3.05) is 17.2 Å². The van der Waals surface area contributed by atoms with E-state index in [1.54, 1.807) is 17.0 Å². The van der Waals surface area contributed by atoms with Crippen LogP contribution in [0, 0.1) is 13.8 Å². The molecule has 2 heterocycles. The van der Waals surface area contributed by atoms with Gasteiger partial charge in [-0.2, -0.15) is 0 Å². The molecule has 1 aliphatic rings. The van der Waals surface area contributed by atoms with Crippen molar-refractivity contribution in [2.45, 2.75) is 31.9 Å². The van der Waals surface area contributed by atoms with Crippen molar-refractivity contribution in [2.24, 2.45) is 0 Å². The number of hydrogen-bond acceptors (Lipinski definition) is 6. The molecule has 3 aromatic rings. The molecule has 1 fully saturated rings. The van der Waals surface area contributed by atoms with Crippen molar-refractivity contribution < 1.29 is 14.0 Å². The van der Waals surface area contributed by atoms with Gasteiger partial charge >= 0.3 is 0 Å². The molecule has 1 saturated heterocycles. The monoisotopic (exact) mass is 407 g/mol. The number of aryl methyl sites for hydroxylation is 2. The lowest BCUT2D eigenvalue weighted by Crippen LogP contribution is -2.23. The van der Waals surface area contributed by atoms with Crippen molar-refractivity contribution in [1.29, 1.82) is 0 Å². The summed E-state index contributed by atoms with van der Waals surface area (Å²) in [5.74, 6) is 0.763. The van der Waals surface area contributed by atoms with Gasteiger partial charge in [0.1, 0.15) is 0 Å². The number of carbonyl (C=O) groups is 2. The second-order valence-corrected chi connectivity index (χ2v) is 8.08. The minimum Gasteiger partial charge on any atom is -0.411 e. The van der Waals surface area contributed by atoms with Crippen LogP contribution in [0.5, 0.6) is 0 Å². The maximum absolute atomic E-state index is 12.5. The van der Waals surface area contributed by atoms with Gasteiger partial charge in [-0.05, 0) is 56.7 Å². The Kier molecular flexibility index (Phi) is 5.49. The summed E-state index contributed by atoms with van der Waals surface area (Å²) < 4.78 is 5.71. The van der Waals surface area contributed by atoms with E-state index in [0.717, 1.165) is 35.3 Å². The molecule has 0 radical (unpaired) electrons. The number of benzene rings is 2. The first-order valence-electron chi connectivity index (χ1n) is 9.48. The Bertz CT molecular complexity index is 1040. The first-order valence-corrected chi connectivity index (χ1v) is 10.5. The van der Waals surface area contributed by atoms with Crippen molar-refractivity contribution in [3.05, 3.63) is 59.2 Å². The Hall–Kier alpha value is -2.93. The topological polar surface area (TPSA) is 76.3 Å². The highest BCUT2D eigenvalue weighted by molar-refractivity contribution is 7.99. The number of nitrogens with zero attached hydrogens (tertiary/aromatic N) is 3. The molecule has 0 spiro atoms. The van der Waals surface area contributed by atoms with Crippen LogP contribution in [0.25, 0.3) is 11.5 Å². The highest BCUT2D eigenvalue weighted by Crippen LogP contribution is 2.26. The predicted molar refractivity (Wildman–Crippen MR) is 112 cm³/mol. The average molecular weight is 407 g/mol. The van der Waals surface area contributed by atoms with Gasteiger partial charge in [0.25, 0.3) is 5.22 Å². The van der Waals surface area contributed by atoms with E-state index >= 15 is 0 Å². The van der Waals surface area contributed by atoms with Crippen LogP contribution in [0.4, 0.5) is 5.69 Å². The van der Waals surface area contributed by atoms with E-state index in [1.807, 2.05) is 38.1 Å². The molecular weight excluding hydrogens is 386 g/mol. The summed E-state index contributed by atoms with van der Waals surface area (Å²) >= 11 is 1.22. The zero-order valence-corrected chi connectivity index (χ0v) is 17.2. The van der Waals surface area contributed by atoms with Crippen molar-refractivity contribution in [1.82, 2.24) is 10.2 Å². The molecule has 0 N–H and O–H groups in total. The molecule has 1 aromatic heterocycles. The third-order valence-corrected chi connectivity index (χ3v) is 5.59. The van der Waals surface area contributed by atoms with Gasteiger partial charge in [-0.25, -0.2) is 0 Å². The summed E-state index contributed by atoms with van der Waals surface area (Å²) in [6, 6.07) is 13.2. The van der Waals surface area contributed by atoms with Crippen molar-refractivity contribution in [3.63, 3.8) is 0 Å². The Labute approximate surface area is 173 Å². The second-order valence-electron chi connectivity index (χ2n) is 7.16. The minimum absolute atomic E-state index is 0.0274. The zero-order chi connectivity index (χ0) is 20.4. The van der Waals surface area contributed by atoms with Crippen molar-refractivity contribution in [3.8, 4) is 11.5 Å². The van der Waals surface area contributed by atoms with Crippen LogP contribution >= 0.6 is 11.8 Å². The number of aromatic nitrogens is 2. The molecule has 4 rings (SSSR count). The van der Waals surface area contributed by atoms with Gasteiger partial charge in [0.05, 0.1) is 5.75 Å². The summed E-state index contributed by atoms with van der Waals surface area (Å²) in [4.78, 5) is 26.1. The molecule has 1 aliphatic heterocycles. The van der Waals surface area contributed by atoms with Crippen LogP contribution in [0.15, 0.2) is 52.1 Å². The van der Waals surface area contributed by atoms with Crippen LogP contribution in [0.1, 0.15) is 34.3 Å². The maximum atomic E-state index is 12.5. The highest BCUT2D eigenvalue weighted by Gasteiger charge is 2.21. The molecular formula is C22H21N3O3S. The molecule has 1 amide bonds. The van der Waals surface area contributed by atoms with E-state index in [0.29, 0.717) is 23.1 Å². The summed E-state index contributed by atoms with van der Waals surface area (Å²) in [7, 11) is 0. The number of rotatable bonds is 6. The lowest BCUT2D eigenvalue weighted by atomic mass is 10.1. The van der Waals surface area contributed by atoms with Crippen LogP contribution in [0.2, 0.25) is 0 Å². The van der Waals surface area contributed by atoms with E-state index in [9.17, 15) is 9.59 Å². The van der Waals surface area contributed by atoms with E-state index in [-0.39, 0.29) is 17.4 Å². The van der Waals surface area contributed by atoms with E-state index < -0.39 is 0 Å². The lowest BCUT2D eigenvalue weighted by molar-refractivity contribution is -0.117. The molecule has 0 unspecified atom stereocenters. The zero-order valence-electron chi connectivity index (χ0n) is 16.3. The molecule has 0 atom stereocenters. The molecule has 2 aromatic carbocycles. The van der Waals surface area contributed by atoms with E-state index in [4.69, 9.17) is 4.42 Å². The van der Waals surface area contributed by atoms with Crippen LogP contribution in [0.3, 0.4) is 0 Å². The SMILES string of the molecule is Cc1cc(C)cc(-c2nnc(SCC(=O)c3ccc(N4CCCC4=O)cc3)o2)c1. The minimum atomic E-state index is -0.0274. The fourth-order valence-electron chi connectivity index (χ4n) is 3.44. The number of ketones is 1. The van der Waals surface area contributed by atoms with Gasteiger partial charge in [0.2, 0.25) is 11.8 Å². The molecule has 0 bridgehead atoms. The predicted octanol–water partition coefficient (Wildman–Crippen LogP) is 4.46. The average Bonchev–Trinajstić information content (AvgIpc) is 3.34. The normalized spacial score (nSPS) is 13.9. The Balaban J connectivity index is 1.38. The third kappa shape index (κ3) is 4.40. The van der Waals surface area contributed by atoms with Crippen molar-refractivity contribution >= 4 is 29.1 Å². The third-order valence-electron chi connectivity index (χ3n) is 4.78. The van der Waals surface area contributed by atoms with Crippen LogP contribution in [-0.2, 0) is 4.79 Å². The quantitative estimate of drug-likeness (QED) is 0.444. The summed E-state index contributed by atoms with van der Waals surface area (Å²) in [5.41, 5.74) is 4.57. The van der Waals surface area contributed by atoms with E-state index in [2.05, 4.69) is 16.3 Å². The van der Waals surface area contributed by atoms with Gasteiger partial charge < -0.3 is 9.32 Å². The summed E-state index contributed by atoms with van der Waals surface area (Å²) in [5, 5.41) is 8.51. The molecule has 0 saturated carbocycles. The van der Waals surface area contributed by atoms with Gasteiger partial charge in [0.15, 0.2) is 5.78 Å². The smallest absolute Gasteiger partial charge is 0.277 e. The number of hydrogen-bond donors (Lipinski definition) is 0. The fraction of sp³-hybridized carbons (Fsp3) is 0.273. The number of anilines is 1. The fourth-order valence-corrected chi connectivity index (χ4v) is 4.10. The summed E-state index contributed by atoms with van der Waals surface area (Å²) in [6.45, 7) is 4.78. The van der Waals surface area contributed by atoms with Crippen LogP contribution in [-0.4, -0.2) is 34.2 Å². The van der Waals surface area contributed by atoms with Gasteiger partial charge in [-0.3, -0.25) is 9.59 Å². The first kappa shape index (κ1) is 19.4. The molecule has 29 heavy (non-hydrogen) atoms. The largest absolute Gasteiger partial charge is 0.411 e. The molecule has 7 heteroatoms. The Morgan fingerprint density at radius 1 is 1.10 bits per heavy atom. The van der Waals surface area contributed by atoms with Gasteiger partial charge in [-0.15, -0.1) is 10.2 Å². The Morgan fingerprint density at radius 2 is 1.83 bits per heavy atom. The molecule has 148 valence electrons. The van der Waals surface area contributed by atoms with Crippen LogP contribution < -0.4 is 4.90 Å². The second kappa shape index (κ2) is 8.21. The van der Waals surface area contributed by atoms with E-state index in [1.165, 1.54) is 11.8 Å². The lowest BCUT2D eigenvalue weighted by Gasteiger charge is -2.15. The number of carbonyl (C=O) groups excluding carboxylic acids is 2. The molecule has 6 nitrogen and oxygen atoms in total.